The van der Waals surface area contributed by atoms with Crippen molar-refractivity contribution in [3.63, 3.8) is 0 Å². The lowest BCUT2D eigenvalue weighted by Gasteiger charge is -2.18. The first-order valence-corrected chi connectivity index (χ1v) is 13.2. The van der Waals surface area contributed by atoms with Crippen LogP contribution in [0.5, 0.6) is 11.5 Å². The van der Waals surface area contributed by atoms with E-state index in [1.165, 1.54) is 6.21 Å². The normalized spacial score (nSPS) is 11.7. The van der Waals surface area contributed by atoms with Gasteiger partial charge in [-0.1, -0.05) is 72.8 Å². The zero-order valence-electron chi connectivity index (χ0n) is 22.6. The Morgan fingerprint density at radius 3 is 2.42 bits per heavy atom. The standard InChI is InChI=1S/C32H33N3O5/c1-3-38-30-19-23(17-18-29(30)40-22-26-15-10-14-24-11-8-9-16-27(24)26)21-33-35-31(36)20-28(34-32(37)39-4-2)25-12-6-5-7-13-25/h5-19,21,28H,3-4,20,22H2,1-2H3,(H,34,37)(H,35,36)/b33-21-/t28-/m1/s1. The molecular formula is C32H33N3O5. The van der Waals surface area contributed by atoms with Gasteiger partial charge in [-0.2, -0.15) is 5.10 Å². The minimum Gasteiger partial charge on any atom is -0.490 e. The van der Waals surface area contributed by atoms with Crippen LogP contribution in [0.4, 0.5) is 4.79 Å². The fourth-order valence-corrected chi connectivity index (χ4v) is 4.23. The van der Waals surface area contributed by atoms with Crippen LogP contribution in [0.1, 0.15) is 43.0 Å². The molecule has 2 N–H and O–H groups in total. The lowest BCUT2D eigenvalue weighted by Crippen LogP contribution is -2.33. The number of benzene rings is 4. The predicted molar refractivity (Wildman–Crippen MR) is 156 cm³/mol. The van der Waals surface area contributed by atoms with Gasteiger partial charge in [-0.05, 0) is 59.5 Å². The molecule has 0 aromatic heterocycles. The molecule has 2 amide bonds. The maximum Gasteiger partial charge on any atom is 0.407 e. The summed E-state index contributed by atoms with van der Waals surface area (Å²) >= 11 is 0. The molecule has 0 unspecified atom stereocenters. The van der Waals surface area contributed by atoms with Gasteiger partial charge < -0.3 is 19.5 Å². The first kappa shape index (κ1) is 28.2. The molecule has 0 aliphatic carbocycles. The van der Waals surface area contributed by atoms with Gasteiger partial charge in [0, 0.05) is 0 Å². The molecule has 0 saturated carbocycles. The second-order valence-electron chi connectivity index (χ2n) is 8.89. The molecule has 0 spiro atoms. The van der Waals surface area contributed by atoms with Gasteiger partial charge in [0.15, 0.2) is 11.5 Å². The number of hydrogen-bond donors (Lipinski definition) is 2. The highest BCUT2D eigenvalue weighted by Crippen LogP contribution is 2.30. The van der Waals surface area contributed by atoms with E-state index in [0.717, 1.165) is 27.5 Å². The lowest BCUT2D eigenvalue weighted by atomic mass is 10.0. The topological polar surface area (TPSA) is 98.2 Å². The summed E-state index contributed by atoms with van der Waals surface area (Å²) in [5, 5.41) is 9.14. The van der Waals surface area contributed by atoms with Crippen molar-refractivity contribution in [2.45, 2.75) is 32.9 Å². The number of hydrazone groups is 1. The Morgan fingerprint density at radius 1 is 0.850 bits per heavy atom. The fourth-order valence-electron chi connectivity index (χ4n) is 4.23. The second kappa shape index (κ2) is 14.3. The Bertz CT molecular complexity index is 1450. The van der Waals surface area contributed by atoms with Crippen LogP contribution in [-0.2, 0) is 16.1 Å². The number of nitrogens with zero attached hydrogens (tertiary/aromatic N) is 1. The van der Waals surface area contributed by atoms with Gasteiger partial charge in [0.25, 0.3) is 0 Å². The minimum absolute atomic E-state index is 0.00862. The van der Waals surface area contributed by atoms with Crippen molar-refractivity contribution >= 4 is 29.0 Å². The smallest absolute Gasteiger partial charge is 0.407 e. The maximum absolute atomic E-state index is 12.6. The first-order chi connectivity index (χ1) is 19.6. The largest absolute Gasteiger partial charge is 0.490 e. The first-order valence-electron chi connectivity index (χ1n) is 13.2. The summed E-state index contributed by atoms with van der Waals surface area (Å²) in [5.74, 6) is 0.842. The highest BCUT2D eigenvalue weighted by molar-refractivity contribution is 5.86. The molecule has 4 aromatic carbocycles. The molecule has 8 nitrogen and oxygen atoms in total. The Balaban J connectivity index is 1.39. The van der Waals surface area contributed by atoms with E-state index in [0.29, 0.717) is 24.7 Å². The third-order valence-electron chi connectivity index (χ3n) is 6.09. The summed E-state index contributed by atoms with van der Waals surface area (Å²) in [6.45, 7) is 4.73. The molecule has 4 rings (SSSR count). The summed E-state index contributed by atoms with van der Waals surface area (Å²) in [7, 11) is 0. The van der Waals surface area contributed by atoms with Crippen LogP contribution in [-0.4, -0.2) is 31.4 Å². The quantitative estimate of drug-likeness (QED) is 0.166. The molecular weight excluding hydrogens is 506 g/mol. The van der Waals surface area contributed by atoms with Crippen LogP contribution in [0.25, 0.3) is 10.8 Å². The van der Waals surface area contributed by atoms with Crippen LogP contribution in [0, 0.1) is 0 Å². The average Bonchev–Trinajstić information content (AvgIpc) is 2.97. The summed E-state index contributed by atoms with van der Waals surface area (Å²) in [4.78, 5) is 24.6. The van der Waals surface area contributed by atoms with Crippen molar-refractivity contribution < 1.29 is 23.8 Å². The molecule has 4 aromatic rings. The third-order valence-corrected chi connectivity index (χ3v) is 6.09. The molecule has 0 fully saturated rings. The number of nitrogens with one attached hydrogen (secondary N) is 2. The average molecular weight is 540 g/mol. The number of ether oxygens (including phenoxy) is 3. The second-order valence-corrected chi connectivity index (χ2v) is 8.89. The van der Waals surface area contributed by atoms with Gasteiger partial charge in [0.05, 0.1) is 31.9 Å². The van der Waals surface area contributed by atoms with Gasteiger partial charge in [0.1, 0.15) is 6.61 Å². The van der Waals surface area contributed by atoms with Gasteiger partial charge >= 0.3 is 6.09 Å². The molecule has 0 aliphatic heterocycles. The van der Waals surface area contributed by atoms with E-state index >= 15 is 0 Å². The predicted octanol–water partition coefficient (Wildman–Crippen LogP) is 6.15. The summed E-state index contributed by atoms with van der Waals surface area (Å²) in [5.41, 5.74) is 5.13. The van der Waals surface area contributed by atoms with E-state index < -0.39 is 12.1 Å². The van der Waals surface area contributed by atoms with E-state index in [-0.39, 0.29) is 18.9 Å². The number of carbonyl (C=O) groups excluding carboxylic acids is 2. The van der Waals surface area contributed by atoms with E-state index in [4.69, 9.17) is 14.2 Å². The third kappa shape index (κ3) is 7.83. The van der Waals surface area contributed by atoms with Crippen molar-refractivity contribution in [1.82, 2.24) is 10.7 Å². The molecule has 0 heterocycles. The van der Waals surface area contributed by atoms with E-state index in [9.17, 15) is 9.59 Å². The van der Waals surface area contributed by atoms with E-state index in [2.05, 4.69) is 40.1 Å². The number of rotatable bonds is 12. The van der Waals surface area contributed by atoms with Gasteiger partial charge in [-0.25, -0.2) is 10.2 Å². The van der Waals surface area contributed by atoms with Gasteiger partial charge in [0.2, 0.25) is 5.91 Å². The molecule has 0 aliphatic rings. The van der Waals surface area contributed by atoms with Crippen LogP contribution < -0.4 is 20.2 Å². The van der Waals surface area contributed by atoms with Gasteiger partial charge in [-0.15, -0.1) is 0 Å². The lowest BCUT2D eigenvalue weighted by molar-refractivity contribution is -0.121. The van der Waals surface area contributed by atoms with Crippen molar-refractivity contribution in [3.05, 3.63) is 108 Å². The van der Waals surface area contributed by atoms with Crippen LogP contribution in [0.15, 0.2) is 96.1 Å². The SMILES string of the molecule is CCOC(=O)N[C@H](CC(=O)N/N=C\c1ccc(OCc2cccc3ccccc23)c(OCC)c1)c1ccccc1. The monoisotopic (exact) mass is 539 g/mol. The van der Waals surface area contributed by atoms with Crippen molar-refractivity contribution in [2.75, 3.05) is 13.2 Å². The Kier molecular flexibility index (Phi) is 10.1. The Labute approximate surface area is 234 Å². The van der Waals surface area contributed by atoms with E-state index in [1.807, 2.05) is 73.7 Å². The van der Waals surface area contributed by atoms with Crippen LogP contribution in [0.3, 0.4) is 0 Å². The number of hydrogen-bond acceptors (Lipinski definition) is 6. The summed E-state index contributed by atoms with van der Waals surface area (Å²) < 4.78 is 16.9. The Hall–Kier alpha value is -4.85. The number of amides is 2. The number of alkyl carbamates (subject to hydrolysis) is 1. The van der Waals surface area contributed by atoms with E-state index in [1.54, 1.807) is 6.92 Å². The molecule has 206 valence electrons. The molecule has 8 heteroatoms. The zero-order valence-corrected chi connectivity index (χ0v) is 22.6. The molecule has 0 radical (unpaired) electrons. The summed E-state index contributed by atoms with van der Waals surface area (Å²) in [6.07, 6.45) is 0.940. The number of fused-ring (bicyclic) bond motifs is 1. The minimum atomic E-state index is -0.584. The van der Waals surface area contributed by atoms with Crippen molar-refractivity contribution in [3.8, 4) is 11.5 Å². The highest BCUT2D eigenvalue weighted by atomic mass is 16.5. The Morgan fingerprint density at radius 2 is 1.62 bits per heavy atom. The maximum atomic E-state index is 12.6. The summed E-state index contributed by atoms with van der Waals surface area (Å²) in [6, 6.07) is 28.5. The molecule has 40 heavy (non-hydrogen) atoms. The van der Waals surface area contributed by atoms with Crippen LogP contribution >= 0.6 is 0 Å². The molecule has 0 bridgehead atoms. The fraction of sp³-hybridized carbons (Fsp3) is 0.219. The van der Waals surface area contributed by atoms with Crippen molar-refractivity contribution in [2.24, 2.45) is 5.10 Å². The van der Waals surface area contributed by atoms with Crippen molar-refractivity contribution in [1.29, 1.82) is 0 Å². The molecule has 0 saturated heterocycles. The molecule has 1 atom stereocenters. The van der Waals surface area contributed by atoms with Gasteiger partial charge in [-0.3, -0.25) is 4.79 Å². The number of carbonyl (C=O) groups is 2. The van der Waals surface area contributed by atoms with Crippen LogP contribution in [0.2, 0.25) is 0 Å². The zero-order chi connectivity index (χ0) is 28.2. The highest BCUT2D eigenvalue weighted by Gasteiger charge is 2.19.